The first-order valence-corrected chi connectivity index (χ1v) is 15.6. The topological polar surface area (TPSA) is 160 Å². The van der Waals surface area contributed by atoms with Crippen molar-refractivity contribution >= 4 is 17.7 Å². The molecule has 0 fully saturated rings. The monoisotopic (exact) mass is 654 g/mol. The van der Waals surface area contributed by atoms with Crippen LogP contribution >= 0.6 is 0 Å². The Hall–Kier alpha value is -4.71. The van der Waals surface area contributed by atoms with Gasteiger partial charge < -0.3 is 35.5 Å². The molecule has 0 amide bonds. The van der Waals surface area contributed by atoms with Crippen LogP contribution in [0.2, 0.25) is 0 Å². The zero-order valence-electron chi connectivity index (χ0n) is 27.3. The molecule has 10 heteroatoms. The van der Waals surface area contributed by atoms with E-state index in [1.165, 1.54) is 14.2 Å². The van der Waals surface area contributed by atoms with E-state index in [4.69, 9.17) is 30.4 Å². The van der Waals surface area contributed by atoms with Crippen molar-refractivity contribution in [2.45, 2.75) is 55.4 Å². The zero-order valence-corrected chi connectivity index (χ0v) is 27.3. The molecule has 252 valence electrons. The number of benzene rings is 4. The van der Waals surface area contributed by atoms with Gasteiger partial charge >= 0.3 is 11.9 Å². The molecule has 5 N–H and O–H groups in total. The summed E-state index contributed by atoms with van der Waals surface area (Å²) in [6, 6.07) is 36.1. The number of ketones is 1. The van der Waals surface area contributed by atoms with Crippen LogP contribution in [0.25, 0.3) is 0 Å². The van der Waals surface area contributed by atoms with E-state index >= 15 is 0 Å². The molecule has 0 aromatic heterocycles. The van der Waals surface area contributed by atoms with Crippen molar-refractivity contribution < 1.29 is 38.4 Å². The lowest BCUT2D eigenvalue weighted by Crippen LogP contribution is -2.83. The first-order chi connectivity index (χ1) is 23.1. The first-order valence-electron chi connectivity index (χ1n) is 15.6. The number of carboxylic acids is 1. The van der Waals surface area contributed by atoms with Gasteiger partial charge in [-0.25, -0.2) is 9.59 Å². The number of carbonyl (C=O) groups excluding carboxylic acids is 2. The molecule has 0 heterocycles. The van der Waals surface area contributed by atoms with Crippen molar-refractivity contribution in [3.8, 4) is 0 Å². The molecule has 0 bridgehead atoms. The normalized spacial score (nSPS) is 14.8. The Morgan fingerprint density at radius 1 is 0.708 bits per heavy atom. The fourth-order valence-corrected chi connectivity index (χ4v) is 5.91. The standard InChI is InChI=1S/C38H42N2O8/c1-4-17-31(41)37(39,34(42)43)38(40,35(44)47-26-27-18-9-5-10-19-27)32(33(45-2)46-3)48-36(28-20-11-6-12-21-28,29-22-13-7-14-23-29)30-24-15-8-16-25-30/h5-16,18-25,32-33H,4,17,26,39-40H2,1-3H3,(H,42,43). The molecule has 3 unspecified atom stereocenters. The lowest BCUT2D eigenvalue weighted by atomic mass is 9.69. The number of hydrogen-bond acceptors (Lipinski definition) is 9. The fraction of sp³-hybridized carbons (Fsp3) is 0.289. The van der Waals surface area contributed by atoms with Gasteiger partial charge in [-0.1, -0.05) is 128 Å². The minimum Gasteiger partial charge on any atom is -0.479 e. The molecule has 0 aliphatic heterocycles. The number of ether oxygens (including phenoxy) is 4. The molecule has 4 rings (SSSR count). The molecule has 4 aromatic rings. The Bertz CT molecular complexity index is 1540. The first kappa shape index (κ1) is 36.1. The van der Waals surface area contributed by atoms with Gasteiger partial charge in [0.15, 0.2) is 17.6 Å². The van der Waals surface area contributed by atoms with Crippen LogP contribution in [0.4, 0.5) is 0 Å². The van der Waals surface area contributed by atoms with Crippen LogP contribution < -0.4 is 11.5 Å². The highest BCUT2D eigenvalue weighted by Crippen LogP contribution is 2.45. The number of nitrogens with two attached hydrogens (primary N) is 2. The average Bonchev–Trinajstić information content (AvgIpc) is 3.13. The maximum atomic E-state index is 14.5. The highest BCUT2D eigenvalue weighted by atomic mass is 16.7. The highest BCUT2D eigenvalue weighted by Gasteiger charge is 2.69. The second-order valence-corrected chi connectivity index (χ2v) is 11.4. The van der Waals surface area contributed by atoms with Gasteiger partial charge in [-0.15, -0.1) is 0 Å². The van der Waals surface area contributed by atoms with Crippen LogP contribution in [-0.2, 0) is 45.5 Å². The van der Waals surface area contributed by atoms with Gasteiger partial charge in [0.2, 0.25) is 5.54 Å². The van der Waals surface area contributed by atoms with Crippen LogP contribution in [0.5, 0.6) is 0 Å². The number of carbonyl (C=O) groups is 3. The van der Waals surface area contributed by atoms with E-state index in [9.17, 15) is 19.5 Å². The molecule has 0 aliphatic carbocycles. The largest absolute Gasteiger partial charge is 0.479 e. The summed E-state index contributed by atoms with van der Waals surface area (Å²) in [7, 11) is 2.56. The summed E-state index contributed by atoms with van der Waals surface area (Å²) in [6.07, 6.45) is -3.48. The minimum atomic E-state index is -3.06. The molecule has 0 saturated heterocycles. The smallest absolute Gasteiger partial charge is 0.334 e. The Morgan fingerprint density at radius 3 is 1.50 bits per heavy atom. The second kappa shape index (κ2) is 15.9. The summed E-state index contributed by atoms with van der Waals surface area (Å²) in [5.74, 6) is -4.14. The predicted octanol–water partition coefficient (Wildman–Crippen LogP) is 4.57. The number of Topliss-reactive ketones (excluding diaryl/α,β-unsaturated/α-hetero) is 1. The van der Waals surface area contributed by atoms with Crippen LogP contribution in [0, 0.1) is 0 Å². The molecule has 3 atom stereocenters. The SMILES string of the molecule is CCCC(=O)C(N)(C(=O)O)C(N)(C(=O)OCc1ccccc1)C(OC(c1ccccc1)(c1ccccc1)c1ccccc1)C(OC)OC. The van der Waals surface area contributed by atoms with E-state index in [1.807, 2.05) is 91.0 Å². The number of carboxylic acid groups (broad SMARTS) is 1. The average molecular weight is 655 g/mol. The molecule has 0 spiro atoms. The van der Waals surface area contributed by atoms with Gasteiger partial charge in [-0.3, -0.25) is 4.79 Å². The number of esters is 1. The van der Waals surface area contributed by atoms with Crippen molar-refractivity contribution in [2.75, 3.05) is 14.2 Å². The quantitative estimate of drug-likeness (QED) is 0.0637. The number of hydrogen-bond donors (Lipinski definition) is 3. The van der Waals surface area contributed by atoms with Crippen LogP contribution in [0.3, 0.4) is 0 Å². The highest BCUT2D eigenvalue weighted by molar-refractivity contribution is 6.14. The third kappa shape index (κ3) is 6.80. The summed E-state index contributed by atoms with van der Waals surface area (Å²) in [4.78, 5) is 41.7. The summed E-state index contributed by atoms with van der Waals surface area (Å²) >= 11 is 0. The Labute approximate surface area is 280 Å². The van der Waals surface area contributed by atoms with Gasteiger partial charge in [-0.2, -0.15) is 0 Å². The van der Waals surface area contributed by atoms with Crippen LogP contribution in [0.1, 0.15) is 42.0 Å². The van der Waals surface area contributed by atoms with Gasteiger partial charge in [0.25, 0.3) is 0 Å². The lowest BCUT2D eigenvalue weighted by molar-refractivity contribution is -0.237. The Kier molecular flexibility index (Phi) is 12.0. The van der Waals surface area contributed by atoms with E-state index in [2.05, 4.69) is 0 Å². The van der Waals surface area contributed by atoms with E-state index in [1.54, 1.807) is 37.3 Å². The van der Waals surface area contributed by atoms with E-state index < -0.39 is 46.8 Å². The van der Waals surface area contributed by atoms with Crippen molar-refractivity contribution in [3.05, 3.63) is 144 Å². The van der Waals surface area contributed by atoms with Crippen LogP contribution in [-0.4, -0.2) is 60.5 Å². The van der Waals surface area contributed by atoms with Crippen molar-refractivity contribution in [3.63, 3.8) is 0 Å². The second-order valence-electron chi connectivity index (χ2n) is 11.4. The Balaban J connectivity index is 2.08. The van der Waals surface area contributed by atoms with Crippen LogP contribution in [0.15, 0.2) is 121 Å². The van der Waals surface area contributed by atoms with Gasteiger partial charge in [-0.05, 0) is 28.7 Å². The van der Waals surface area contributed by atoms with E-state index in [0.29, 0.717) is 22.3 Å². The maximum Gasteiger partial charge on any atom is 0.334 e. The van der Waals surface area contributed by atoms with Gasteiger partial charge in [0, 0.05) is 20.6 Å². The fourth-order valence-electron chi connectivity index (χ4n) is 5.91. The number of methoxy groups -OCH3 is 2. The van der Waals surface area contributed by atoms with E-state index in [-0.39, 0.29) is 19.4 Å². The van der Waals surface area contributed by atoms with Gasteiger partial charge in [0.1, 0.15) is 18.3 Å². The molecule has 4 aromatic carbocycles. The molecule has 0 saturated carbocycles. The molecular formula is C38H42N2O8. The summed E-state index contributed by atoms with van der Waals surface area (Å²) in [6.45, 7) is 1.38. The predicted molar refractivity (Wildman–Crippen MR) is 180 cm³/mol. The molecule has 0 aliphatic rings. The summed E-state index contributed by atoms with van der Waals surface area (Å²) in [5, 5.41) is 10.8. The van der Waals surface area contributed by atoms with Gasteiger partial charge in [0.05, 0.1) is 0 Å². The third-order valence-corrected chi connectivity index (χ3v) is 8.46. The van der Waals surface area contributed by atoms with Crippen molar-refractivity contribution in [2.24, 2.45) is 11.5 Å². The number of aliphatic carboxylic acids is 1. The summed E-state index contributed by atoms with van der Waals surface area (Å²) in [5.41, 5.74) is 8.50. The summed E-state index contributed by atoms with van der Waals surface area (Å²) < 4.78 is 24.2. The maximum absolute atomic E-state index is 14.5. The Morgan fingerprint density at radius 2 is 1.12 bits per heavy atom. The third-order valence-electron chi connectivity index (χ3n) is 8.46. The zero-order chi connectivity index (χ0) is 34.8. The number of rotatable bonds is 17. The molecule has 10 nitrogen and oxygen atoms in total. The van der Waals surface area contributed by atoms with E-state index in [0.717, 1.165) is 0 Å². The molecule has 48 heavy (non-hydrogen) atoms. The molecule has 0 radical (unpaired) electrons. The minimum absolute atomic E-state index is 0.228. The lowest BCUT2D eigenvalue weighted by Gasteiger charge is -2.49. The molecular weight excluding hydrogens is 612 g/mol. The van der Waals surface area contributed by atoms with Crippen molar-refractivity contribution in [1.29, 1.82) is 0 Å². The van der Waals surface area contributed by atoms with Crippen molar-refractivity contribution in [1.82, 2.24) is 0 Å².